The molecule has 0 aliphatic rings. The summed E-state index contributed by atoms with van der Waals surface area (Å²) < 4.78 is 0. The van der Waals surface area contributed by atoms with Crippen LogP contribution in [-0.2, 0) is 6.42 Å². The summed E-state index contributed by atoms with van der Waals surface area (Å²) in [5, 5.41) is 3.71. The van der Waals surface area contributed by atoms with Crippen molar-refractivity contribution in [3.8, 4) is 0 Å². The third-order valence-electron chi connectivity index (χ3n) is 8.10. The third kappa shape index (κ3) is 19.0. The molecule has 0 fully saturated rings. The molecule has 0 saturated carbocycles. The normalized spacial score (nSPS) is 12.2. The molecule has 0 bridgehead atoms. The monoisotopic (exact) mass is 578 g/mol. The second kappa shape index (κ2) is 27.5. The van der Waals surface area contributed by atoms with Gasteiger partial charge in [-0.05, 0) is 79.7 Å². The SMILES string of the molecule is C=C(CCCCC)NC(CC)C(C)c1ccc(C)c(CCCC)c1.C=Cc1ccccc1C.CC.CCCC(C)CC. The maximum Gasteiger partial charge on any atom is 0.0321 e. The van der Waals surface area contributed by atoms with Crippen LogP contribution < -0.4 is 5.32 Å². The summed E-state index contributed by atoms with van der Waals surface area (Å²) in [6.45, 7) is 32.2. The van der Waals surface area contributed by atoms with Gasteiger partial charge in [-0.25, -0.2) is 0 Å². The fourth-order valence-electron chi connectivity index (χ4n) is 4.86. The van der Waals surface area contributed by atoms with Gasteiger partial charge in [-0.15, -0.1) is 0 Å². The highest BCUT2D eigenvalue weighted by atomic mass is 14.9. The van der Waals surface area contributed by atoms with Crippen molar-refractivity contribution in [1.82, 2.24) is 5.32 Å². The zero-order valence-corrected chi connectivity index (χ0v) is 30.0. The fraction of sp³-hybridized carbons (Fsp3) is 0.610. The van der Waals surface area contributed by atoms with Crippen molar-refractivity contribution in [1.29, 1.82) is 0 Å². The number of benzene rings is 2. The minimum atomic E-state index is 0.473. The molecule has 2 aromatic carbocycles. The molecule has 42 heavy (non-hydrogen) atoms. The van der Waals surface area contributed by atoms with E-state index in [4.69, 9.17) is 0 Å². The lowest BCUT2D eigenvalue weighted by Gasteiger charge is -2.27. The summed E-state index contributed by atoms with van der Waals surface area (Å²) in [6, 6.07) is 15.7. The van der Waals surface area contributed by atoms with Crippen molar-refractivity contribution in [3.05, 3.63) is 89.1 Å². The van der Waals surface area contributed by atoms with Crippen molar-refractivity contribution in [2.45, 2.75) is 159 Å². The van der Waals surface area contributed by atoms with Crippen LogP contribution in [0.5, 0.6) is 0 Å². The molecule has 1 N–H and O–H groups in total. The number of rotatable bonds is 16. The smallest absolute Gasteiger partial charge is 0.0321 e. The van der Waals surface area contributed by atoms with Crippen molar-refractivity contribution in [2.75, 3.05) is 0 Å². The van der Waals surface area contributed by atoms with E-state index in [2.05, 4.69) is 111 Å². The average Bonchev–Trinajstić information content (AvgIpc) is 3.01. The van der Waals surface area contributed by atoms with Gasteiger partial charge < -0.3 is 5.32 Å². The molecule has 0 heterocycles. The number of aryl methyl sites for hydroxylation is 3. The molecule has 0 aliphatic carbocycles. The first kappa shape index (κ1) is 41.9. The van der Waals surface area contributed by atoms with Crippen LogP contribution >= 0.6 is 0 Å². The number of allylic oxidation sites excluding steroid dienone is 1. The Morgan fingerprint density at radius 2 is 1.45 bits per heavy atom. The molecule has 2 rings (SSSR count). The van der Waals surface area contributed by atoms with Crippen LogP contribution in [0.1, 0.15) is 160 Å². The predicted molar refractivity (Wildman–Crippen MR) is 196 cm³/mol. The van der Waals surface area contributed by atoms with Gasteiger partial charge in [0.25, 0.3) is 0 Å². The molecular weight excluding hydrogens is 506 g/mol. The molecule has 3 atom stereocenters. The Morgan fingerprint density at radius 3 is 1.93 bits per heavy atom. The number of hydrogen-bond donors (Lipinski definition) is 1. The molecule has 0 aliphatic heterocycles. The van der Waals surface area contributed by atoms with Crippen molar-refractivity contribution in [2.24, 2.45) is 5.92 Å². The number of nitrogens with one attached hydrogen (secondary N) is 1. The summed E-state index contributed by atoms with van der Waals surface area (Å²) >= 11 is 0. The van der Waals surface area contributed by atoms with Crippen molar-refractivity contribution < 1.29 is 0 Å². The second-order valence-electron chi connectivity index (χ2n) is 11.7. The van der Waals surface area contributed by atoms with Crippen LogP contribution in [-0.4, -0.2) is 6.04 Å². The highest BCUT2D eigenvalue weighted by Gasteiger charge is 2.18. The largest absolute Gasteiger partial charge is 0.385 e. The molecule has 240 valence electrons. The minimum absolute atomic E-state index is 0.473. The molecule has 2 aromatic rings. The highest BCUT2D eigenvalue weighted by molar-refractivity contribution is 5.50. The summed E-state index contributed by atoms with van der Waals surface area (Å²) in [5.74, 6) is 1.46. The zero-order chi connectivity index (χ0) is 32.3. The van der Waals surface area contributed by atoms with E-state index in [1.807, 2.05) is 32.1 Å². The fourth-order valence-corrected chi connectivity index (χ4v) is 4.86. The first-order valence-corrected chi connectivity index (χ1v) is 17.4. The first-order chi connectivity index (χ1) is 20.2. The van der Waals surface area contributed by atoms with E-state index >= 15 is 0 Å². The number of unbranched alkanes of at least 4 members (excludes halogenated alkanes) is 3. The predicted octanol–water partition coefficient (Wildman–Crippen LogP) is 13.4. The lowest BCUT2D eigenvalue weighted by atomic mass is 9.88. The number of hydrogen-bond acceptors (Lipinski definition) is 1. The standard InChI is InChI=1S/C23H39N.C9H10.C7H16.C2H6/c1-7-10-12-13-19(5)24-23(9-3)20(6)22-16-15-18(4)21(17-22)14-11-8-2;1-3-9-7-5-4-6-8(9)2;1-4-6-7(3)5-2;1-2/h15-17,20,23-24H,5,7-14H2,1-4,6H3;3-7H,1H2,2H3;7H,4-6H2,1-3H3;1-2H3. The van der Waals surface area contributed by atoms with Gasteiger partial charge in [0.05, 0.1) is 0 Å². The average molecular weight is 578 g/mol. The topological polar surface area (TPSA) is 12.0 Å². The van der Waals surface area contributed by atoms with Gasteiger partial charge in [0.15, 0.2) is 0 Å². The van der Waals surface area contributed by atoms with Gasteiger partial charge in [0.2, 0.25) is 0 Å². The molecule has 0 amide bonds. The van der Waals surface area contributed by atoms with Crippen LogP contribution in [0.3, 0.4) is 0 Å². The first-order valence-electron chi connectivity index (χ1n) is 17.4. The molecule has 0 saturated heterocycles. The van der Waals surface area contributed by atoms with Gasteiger partial charge in [-0.2, -0.15) is 0 Å². The van der Waals surface area contributed by atoms with Crippen LogP contribution in [0, 0.1) is 19.8 Å². The quantitative estimate of drug-likeness (QED) is 0.196. The Morgan fingerprint density at radius 1 is 0.810 bits per heavy atom. The van der Waals surface area contributed by atoms with E-state index < -0.39 is 0 Å². The van der Waals surface area contributed by atoms with E-state index in [1.165, 1.54) is 91.3 Å². The maximum absolute atomic E-state index is 4.25. The summed E-state index contributed by atoms with van der Waals surface area (Å²) in [7, 11) is 0. The lowest BCUT2D eigenvalue weighted by molar-refractivity contribution is 0.465. The molecule has 1 nitrogen and oxygen atoms in total. The third-order valence-corrected chi connectivity index (χ3v) is 8.10. The van der Waals surface area contributed by atoms with E-state index in [0.29, 0.717) is 12.0 Å². The van der Waals surface area contributed by atoms with Crippen LogP contribution in [0.15, 0.2) is 61.3 Å². The van der Waals surface area contributed by atoms with Gasteiger partial charge in [-0.1, -0.05) is 163 Å². The van der Waals surface area contributed by atoms with Gasteiger partial charge in [-0.3, -0.25) is 0 Å². The molecular formula is C41H71N. The van der Waals surface area contributed by atoms with Gasteiger partial charge >= 0.3 is 0 Å². The Labute approximate surface area is 264 Å². The van der Waals surface area contributed by atoms with Crippen LogP contribution in [0.2, 0.25) is 0 Å². The highest BCUT2D eigenvalue weighted by Crippen LogP contribution is 2.25. The summed E-state index contributed by atoms with van der Waals surface area (Å²) in [5.41, 5.74) is 8.14. The zero-order valence-electron chi connectivity index (χ0n) is 30.0. The van der Waals surface area contributed by atoms with Gasteiger partial charge in [0, 0.05) is 17.7 Å². The minimum Gasteiger partial charge on any atom is -0.385 e. The second-order valence-corrected chi connectivity index (χ2v) is 11.7. The van der Waals surface area contributed by atoms with Crippen LogP contribution in [0.25, 0.3) is 6.08 Å². The van der Waals surface area contributed by atoms with E-state index in [9.17, 15) is 0 Å². The Hall–Kier alpha value is -2.28. The van der Waals surface area contributed by atoms with Crippen molar-refractivity contribution in [3.63, 3.8) is 0 Å². The summed E-state index contributed by atoms with van der Waals surface area (Å²) in [6.07, 6.45) is 15.7. The Bertz CT molecular complexity index is 924. The summed E-state index contributed by atoms with van der Waals surface area (Å²) in [4.78, 5) is 0. The molecule has 3 unspecified atom stereocenters. The Balaban J connectivity index is 0. The van der Waals surface area contributed by atoms with E-state index in [0.717, 1.165) is 18.8 Å². The molecule has 1 heteroatoms. The van der Waals surface area contributed by atoms with E-state index in [-0.39, 0.29) is 0 Å². The van der Waals surface area contributed by atoms with E-state index in [1.54, 1.807) is 0 Å². The molecule has 0 radical (unpaired) electrons. The lowest BCUT2D eigenvalue weighted by Crippen LogP contribution is -2.32. The molecule has 0 aromatic heterocycles. The Kier molecular flexibility index (Phi) is 27.5. The van der Waals surface area contributed by atoms with Crippen LogP contribution in [0.4, 0.5) is 0 Å². The van der Waals surface area contributed by atoms with Gasteiger partial charge in [0.1, 0.15) is 0 Å². The van der Waals surface area contributed by atoms with Crippen molar-refractivity contribution >= 4 is 6.08 Å². The molecule has 0 spiro atoms. The maximum atomic E-state index is 4.25.